The van der Waals surface area contributed by atoms with Crippen LogP contribution in [-0.2, 0) is 11.3 Å². The molecule has 23 heavy (non-hydrogen) atoms. The Labute approximate surface area is 134 Å². The molecule has 0 spiro atoms. The van der Waals surface area contributed by atoms with Gasteiger partial charge in [0.15, 0.2) is 0 Å². The molecule has 0 heterocycles. The van der Waals surface area contributed by atoms with Crippen LogP contribution in [0.25, 0.3) is 0 Å². The number of nitrogens with zero attached hydrogens (tertiary/aromatic N) is 1. The number of aryl methyl sites for hydroxylation is 1. The van der Waals surface area contributed by atoms with Crippen molar-refractivity contribution in [3.63, 3.8) is 0 Å². The van der Waals surface area contributed by atoms with E-state index in [1.54, 1.807) is 30.3 Å². The summed E-state index contributed by atoms with van der Waals surface area (Å²) in [5.74, 6) is -0.499. The summed E-state index contributed by atoms with van der Waals surface area (Å²) >= 11 is 0. The van der Waals surface area contributed by atoms with E-state index in [0.717, 1.165) is 11.1 Å². The molecule has 0 fully saturated rings. The Morgan fingerprint density at radius 2 is 1.91 bits per heavy atom. The van der Waals surface area contributed by atoms with Crippen LogP contribution in [0.3, 0.4) is 0 Å². The van der Waals surface area contributed by atoms with Gasteiger partial charge in [0, 0.05) is 17.8 Å². The highest BCUT2D eigenvalue weighted by atomic mass is 16.2. The molecule has 2 N–H and O–H groups in total. The highest BCUT2D eigenvalue weighted by Gasteiger charge is 2.06. The molecule has 2 aromatic carbocycles. The zero-order valence-electron chi connectivity index (χ0n) is 12.8. The van der Waals surface area contributed by atoms with Gasteiger partial charge < -0.3 is 10.6 Å². The van der Waals surface area contributed by atoms with E-state index >= 15 is 0 Å². The van der Waals surface area contributed by atoms with Gasteiger partial charge in [-0.2, -0.15) is 5.26 Å². The number of rotatable bonds is 5. The lowest BCUT2D eigenvalue weighted by atomic mass is 10.1. The summed E-state index contributed by atoms with van der Waals surface area (Å²) in [5.41, 5.74) is 3.11. The number of anilines is 1. The van der Waals surface area contributed by atoms with Crippen molar-refractivity contribution in [3.8, 4) is 6.07 Å². The molecule has 2 rings (SSSR count). The third-order valence-electron chi connectivity index (χ3n) is 3.18. The minimum atomic E-state index is -0.353. The Morgan fingerprint density at radius 1 is 1.13 bits per heavy atom. The minimum absolute atomic E-state index is 0.146. The Balaban J connectivity index is 1.97. The maximum atomic E-state index is 12.1. The molecule has 5 nitrogen and oxygen atoms in total. The quantitative estimate of drug-likeness (QED) is 0.891. The smallest absolute Gasteiger partial charge is 0.251 e. The molecule has 0 bridgehead atoms. The summed E-state index contributed by atoms with van der Waals surface area (Å²) in [5, 5.41) is 14.0. The topological polar surface area (TPSA) is 82.0 Å². The van der Waals surface area contributed by atoms with Gasteiger partial charge in [0.05, 0.1) is 6.07 Å². The van der Waals surface area contributed by atoms with E-state index in [0.29, 0.717) is 17.8 Å². The van der Waals surface area contributed by atoms with Crippen LogP contribution in [0.2, 0.25) is 0 Å². The van der Waals surface area contributed by atoms with Gasteiger partial charge in [-0.3, -0.25) is 9.59 Å². The standard InChI is InChI=1S/C18H17N3O2/c1-13-4-2-6-15(10-13)18(23)20-12-14-5-3-7-16(11-14)21-17(22)8-9-19/h2-7,10-11H,8,12H2,1H3,(H,20,23)(H,21,22). The zero-order chi connectivity index (χ0) is 16.7. The highest BCUT2D eigenvalue weighted by Crippen LogP contribution is 2.11. The van der Waals surface area contributed by atoms with Gasteiger partial charge in [-0.05, 0) is 36.8 Å². The van der Waals surface area contributed by atoms with E-state index in [-0.39, 0.29) is 18.2 Å². The number of hydrogen-bond acceptors (Lipinski definition) is 3. The molecule has 0 saturated heterocycles. The summed E-state index contributed by atoms with van der Waals surface area (Å²) in [6.07, 6.45) is -0.186. The minimum Gasteiger partial charge on any atom is -0.348 e. The van der Waals surface area contributed by atoms with E-state index in [2.05, 4.69) is 10.6 Å². The Morgan fingerprint density at radius 3 is 2.65 bits per heavy atom. The van der Waals surface area contributed by atoms with Crippen molar-refractivity contribution < 1.29 is 9.59 Å². The Hall–Kier alpha value is -3.13. The number of carbonyl (C=O) groups excluding carboxylic acids is 2. The number of benzene rings is 2. The maximum Gasteiger partial charge on any atom is 0.251 e. The molecule has 0 atom stereocenters. The number of amides is 2. The first kappa shape index (κ1) is 16.2. The van der Waals surface area contributed by atoms with Crippen LogP contribution in [0.1, 0.15) is 27.9 Å². The molecule has 0 unspecified atom stereocenters. The van der Waals surface area contributed by atoms with Crippen molar-refractivity contribution in [2.45, 2.75) is 19.9 Å². The number of hydrogen-bond donors (Lipinski definition) is 2. The highest BCUT2D eigenvalue weighted by molar-refractivity contribution is 5.94. The van der Waals surface area contributed by atoms with Gasteiger partial charge in [-0.25, -0.2) is 0 Å². The second-order valence-electron chi connectivity index (χ2n) is 5.14. The lowest BCUT2D eigenvalue weighted by molar-refractivity contribution is -0.115. The Kier molecular flexibility index (Phi) is 5.48. The fourth-order valence-corrected chi connectivity index (χ4v) is 2.11. The average molecular weight is 307 g/mol. The van der Waals surface area contributed by atoms with E-state index in [1.807, 2.05) is 31.2 Å². The number of nitrogens with one attached hydrogen (secondary N) is 2. The lowest BCUT2D eigenvalue weighted by Gasteiger charge is -2.08. The molecule has 0 aliphatic rings. The third-order valence-corrected chi connectivity index (χ3v) is 3.18. The van der Waals surface area contributed by atoms with Crippen LogP contribution in [0, 0.1) is 18.3 Å². The summed E-state index contributed by atoms with van der Waals surface area (Å²) in [4.78, 5) is 23.5. The van der Waals surface area contributed by atoms with Crippen molar-refractivity contribution in [1.29, 1.82) is 5.26 Å². The largest absolute Gasteiger partial charge is 0.348 e. The molecular weight excluding hydrogens is 290 g/mol. The number of carbonyl (C=O) groups is 2. The predicted molar refractivity (Wildman–Crippen MR) is 87.7 cm³/mol. The SMILES string of the molecule is Cc1cccc(C(=O)NCc2cccc(NC(=O)CC#N)c2)c1. The van der Waals surface area contributed by atoms with Gasteiger partial charge in [0.1, 0.15) is 6.42 Å². The zero-order valence-corrected chi connectivity index (χ0v) is 12.8. The second-order valence-corrected chi connectivity index (χ2v) is 5.14. The molecule has 2 aromatic rings. The number of nitriles is 1. The van der Waals surface area contributed by atoms with Crippen LogP contribution in [0.4, 0.5) is 5.69 Å². The lowest BCUT2D eigenvalue weighted by Crippen LogP contribution is -2.22. The van der Waals surface area contributed by atoms with E-state index in [9.17, 15) is 9.59 Å². The summed E-state index contributed by atoms with van der Waals surface area (Å²) < 4.78 is 0. The molecule has 5 heteroatoms. The fourth-order valence-electron chi connectivity index (χ4n) is 2.11. The molecule has 0 aromatic heterocycles. The monoisotopic (exact) mass is 307 g/mol. The molecule has 0 radical (unpaired) electrons. The molecule has 116 valence electrons. The van der Waals surface area contributed by atoms with Gasteiger partial charge in [-0.15, -0.1) is 0 Å². The van der Waals surface area contributed by atoms with Crippen molar-refractivity contribution in [1.82, 2.24) is 5.32 Å². The first-order valence-corrected chi connectivity index (χ1v) is 7.19. The van der Waals surface area contributed by atoms with Gasteiger partial charge >= 0.3 is 0 Å². The molecular formula is C18H17N3O2. The van der Waals surface area contributed by atoms with E-state index in [4.69, 9.17) is 5.26 Å². The van der Waals surface area contributed by atoms with Crippen molar-refractivity contribution in [2.24, 2.45) is 0 Å². The van der Waals surface area contributed by atoms with Crippen LogP contribution >= 0.6 is 0 Å². The summed E-state index contributed by atoms with van der Waals surface area (Å²) in [7, 11) is 0. The van der Waals surface area contributed by atoms with Crippen molar-refractivity contribution in [2.75, 3.05) is 5.32 Å². The first-order valence-electron chi connectivity index (χ1n) is 7.19. The summed E-state index contributed by atoms with van der Waals surface area (Å²) in [6.45, 7) is 2.29. The van der Waals surface area contributed by atoms with Crippen molar-refractivity contribution >= 4 is 17.5 Å². The van der Waals surface area contributed by atoms with Crippen LogP contribution in [0.5, 0.6) is 0 Å². The van der Waals surface area contributed by atoms with E-state index < -0.39 is 0 Å². The first-order chi connectivity index (χ1) is 11.1. The van der Waals surface area contributed by atoms with Crippen LogP contribution in [-0.4, -0.2) is 11.8 Å². The average Bonchev–Trinajstić information content (AvgIpc) is 2.53. The van der Waals surface area contributed by atoms with Gasteiger partial charge in [-0.1, -0.05) is 29.8 Å². The Bertz CT molecular complexity index is 763. The van der Waals surface area contributed by atoms with Crippen LogP contribution < -0.4 is 10.6 Å². The molecule has 0 aliphatic heterocycles. The third kappa shape index (κ3) is 4.97. The van der Waals surface area contributed by atoms with E-state index in [1.165, 1.54) is 0 Å². The molecule has 0 aliphatic carbocycles. The van der Waals surface area contributed by atoms with Crippen LogP contribution in [0.15, 0.2) is 48.5 Å². The summed E-state index contributed by atoms with van der Waals surface area (Å²) in [6, 6.07) is 16.3. The normalized spacial score (nSPS) is 9.74. The van der Waals surface area contributed by atoms with Gasteiger partial charge in [0.25, 0.3) is 5.91 Å². The second kappa shape index (κ2) is 7.76. The molecule has 0 saturated carbocycles. The van der Waals surface area contributed by atoms with Crippen molar-refractivity contribution in [3.05, 3.63) is 65.2 Å². The van der Waals surface area contributed by atoms with Gasteiger partial charge in [0.2, 0.25) is 5.91 Å². The maximum absolute atomic E-state index is 12.1. The predicted octanol–water partition coefficient (Wildman–Crippen LogP) is 2.78. The molecule has 2 amide bonds. The fraction of sp³-hybridized carbons (Fsp3) is 0.167.